The number of amides is 1. The van der Waals surface area contributed by atoms with Crippen molar-refractivity contribution in [1.29, 1.82) is 0 Å². The van der Waals surface area contributed by atoms with Crippen molar-refractivity contribution in [3.8, 4) is 0 Å². The molecule has 0 saturated carbocycles. The van der Waals surface area contributed by atoms with Gasteiger partial charge in [-0.15, -0.1) is 0 Å². The number of benzene rings is 1. The molecule has 1 heterocycles. The molecule has 1 amide bonds. The molecule has 0 aliphatic heterocycles. The molecule has 7 heteroatoms. The van der Waals surface area contributed by atoms with Crippen LogP contribution in [-0.2, 0) is 6.54 Å². The fourth-order valence-electron chi connectivity index (χ4n) is 1.85. The molecule has 0 bridgehead atoms. The predicted octanol–water partition coefficient (Wildman–Crippen LogP) is 3.09. The number of hydrogen-bond acceptors (Lipinski definition) is 4. The number of nitrogens with zero attached hydrogens (tertiary/aromatic N) is 3. The first-order valence-electron chi connectivity index (χ1n) is 6.62. The lowest BCUT2D eigenvalue weighted by atomic mass is 10.2. The molecule has 2 rings (SSSR count). The number of carbonyl (C=O) groups excluding carboxylic acids is 1. The van der Waals surface area contributed by atoms with E-state index in [4.69, 9.17) is 23.2 Å². The zero-order valence-electron chi connectivity index (χ0n) is 12.5. The number of aryl methyl sites for hydroxylation is 1. The molecule has 1 aromatic heterocycles. The van der Waals surface area contributed by atoms with E-state index >= 15 is 0 Å². The van der Waals surface area contributed by atoms with Crippen LogP contribution in [0.1, 0.15) is 21.7 Å². The molecule has 0 aliphatic carbocycles. The number of hydrogen-bond donors (Lipinski definition) is 1. The van der Waals surface area contributed by atoms with E-state index in [-0.39, 0.29) is 5.91 Å². The van der Waals surface area contributed by atoms with E-state index in [2.05, 4.69) is 15.3 Å². The van der Waals surface area contributed by atoms with Crippen molar-refractivity contribution in [1.82, 2.24) is 15.3 Å². The van der Waals surface area contributed by atoms with Crippen LogP contribution in [0.4, 0.5) is 5.95 Å². The van der Waals surface area contributed by atoms with Gasteiger partial charge in [0.05, 0.1) is 22.8 Å². The van der Waals surface area contributed by atoms with Gasteiger partial charge in [-0.05, 0) is 31.2 Å². The maximum absolute atomic E-state index is 12.2. The summed E-state index contributed by atoms with van der Waals surface area (Å²) in [6, 6.07) is 6.59. The number of rotatable bonds is 4. The highest BCUT2D eigenvalue weighted by atomic mass is 35.5. The molecule has 0 spiro atoms. The Balaban J connectivity index is 2.11. The second-order valence-electron chi connectivity index (χ2n) is 5.00. The zero-order chi connectivity index (χ0) is 16.3. The Morgan fingerprint density at radius 2 is 1.95 bits per heavy atom. The molecule has 0 saturated heterocycles. The maximum Gasteiger partial charge on any atom is 0.253 e. The van der Waals surface area contributed by atoms with E-state index in [0.29, 0.717) is 28.1 Å². The van der Waals surface area contributed by atoms with Gasteiger partial charge < -0.3 is 10.2 Å². The number of carbonyl (C=O) groups is 1. The van der Waals surface area contributed by atoms with Crippen molar-refractivity contribution in [3.63, 3.8) is 0 Å². The molecule has 5 nitrogen and oxygen atoms in total. The van der Waals surface area contributed by atoms with Crippen LogP contribution in [0.2, 0.25) is 10.0 Å². The van der Waals surface area contributed by atoms with Gasteiger partial charge in [-0.3, -0.25) is 4.79 Å². The Kier molecular flexibility index (Phi) is 5.21. The van der Waals surface area contributed by atoms with Crippen LogP contribution in [0.5, 0.6) is 0 Å². The highest BCUT2D eigenvalue weighted by molar-refractivity contribution is 6.36. The van der Waals surface area contributed by atoms with E-state index in [0.717, 1.165) is 11.4 Å². The van der Waals surface area contributed by atoms with Gasteiger partial charge in [-0.1, -0.05) is 23.2 Å². The molecule has 0 fully saturated rings. The molecular formula is C15H16Cl2N4O. The van der Waals surface area contributed by atoms with Crippen LogP contribution in [0.25, 0.3) is 0 Å². The molecule has 0 aliphatic rings. The summed E-state index contributed by atoms with van der Waals surface area (Å²) in [4.78, 5) is 22.7. The van der Waals surface area contributed by atoms with Crippen molar-refractivity contribution in [2.45, 2.75) is 13.5 Å². The maximum atomic E-state index is 12.2. The highest BCUT2D eigenvalue weighted by Gasteiger charge is 2.11. The van der Waals surface area contributed by atoms with Gasteiger partial charge in [0, 0.05) is 24.8 Å². The number of nitrogens with one attached hydrogen (secondary N) is 1. The van der Waals surface area contributed by atoms with Crippen molar-refractivity contribution in [2.24, 2.45) is 0 Å². The molecule has 1 N–H and O–H groups in total. The molecule has 116 valence electrons. The third-order valence-electron chi connectivity index (χ3n) is 2.90. The second kappa shape index (κ2) is 6.94. The van der Waals surface area contributed by atoms with E-state index < -0.39 is 0 Å². The summed E-state index contributed by atoms with van der Waals surface area (Å²) in [6.45, 7) is 2.18. The first-order valence-corrected chi connectivity index (χ1v) is 7.37. The van der Waals surface area contributed by atoms with Crippen molar-refractivity contribution in [2.75, 3.05) is 19.0 Å². The molecule has 0 unspecified atom stereocenters. The Hall–Kier alpha value is -1.85. The lowest BCUT2D eigenvalue weighted by molar-refractivity contribution is 0.0950. The van der Waals surface area contributed by atoms with Crippen LogP contribution in [0, 0.1) is 6.92 Å². The lowest BCUT2D eigenvalue weighted by Crippen LogP contribution is -2.24. The van der Waals surface area contributed by atoms with E-state index in [9.17, 15) is 4.79 Å². The Labute approximate surface area is 139 Å². The van der Waals surface area contributed by atoms with Crippen LogP contribution in [0.15, 0.2) is 24.3 Å². The average Bonchev–Trinajstić information content (AvgIpc) is 2.44. The molecule has 1 aromatic carbocycles. The summed E-state index contributed by atoms with van der Waals surface area (Å²) in [7, 11) is 3.73. The molecule has 2 aromatic rings. The quantitative estimate of drug-likeness (QED) is 0.930. The Bertz CT molecular complexity index is 704. The summed E-state index contributed by atoms with van der Waals surface area (Å²) >= 11 is 11.8. The van der Waals surface area contributed by atoms with Crippen LogP contribution < -0.4 is 10.2 Å². The largest absolute Gasteiger partial charge is 0.347 e. The first-order chi connectivity index (χ1) is 10.4. The van der Waals surface area contributed by atoms with Gasteiger partial charge in [-0.25, -0.2) is 9.97 Å². The Morgan fingerprint density at radius 3 is 2.59 bits per heavy atom. The molecule has 0 atom stereocenters. The summed E-state index contributed by atoms with van der Waals surface area (Å²) < 4.78 is 0. The zero-order valence-corrected chi connectivity index (χ0v) is 14.0. The SMILES string of the molecule is Cc1cc(CNC(=O)c2ccc(Cl)cc2Cl)nc(N(C)C)n1. The number of aromatic nitrogens is 2. The minimum Gasteiger partial charge on any atom is -0.347 e. The fraction of sp³-hybridized carbons (Fsp3) is 0.267. The van der Waals surface area contributed by atoms with Gasteiger partial charge in [0.25, 0.3) is 5.91 Å². The van der Waals surface area contributed by atoms with Crippen molar-refractivity contribution >= 4 is 35.1 Å². The van der Waals surface area contributed by atoms with Gasteiger partial charge >= 0.3 is 0 Å². The summed E-state index contributed by atoms with van der Waals surface area (Å²) in [5.74, 6) is 0.332. The van der Waals surface area contributed by atoms with Crippen molar-refractivity contribution < 1.29 is 4.79 Å². The summed E-state index contributed by atoms with van der Waals surface area (Å²) in [6.07, 6.45) is 0. The number of anilines is 1. The summed E-state index contributed by atoms with van der Waals surface area (Å²) in [5.41, 5.74) is 1.95. The van der Waals surface area contributed by atoms with E-state index in [1.165, 1.54) is 6.07 Å². The third kappa shape index (κ3) is 4.08. The lowest BCUT2D eigenvalue weighted by Gasteiger charge is -2.13. The predicted molar refractivity (Wildman–Crippen MR) is 88.7 cm³/mol. The number of halogens is 2. The standard InChI is InChI=1S/C15H16Cl2N4O/c1-9-6-11(20-15(19-9)21(2)3)8-18-14(22)12-5-4-10(16)7-13(12)17/h4-7H,8H2,1-3H3,(H,18,22). The molecule has 0 radical (unpaired) electrons. The first kappa shape index (κ1) is 16.5. The fourth-order valence-corrected chi connectivity index (χ4v) is 2.34. The van der Waals surface area contributed by atoms with Crippen LogP contribution in [-0.4, -0.2) is 30.0 Å². The van der Waals surface area contributed by atoms with E-state index in [1.807, 2.05) is 32.0 Å². The van der Waals surface area contributed by atoms with Gasteiger partial charge in [0.1, 0.15) is 0 Å². The van der Waals surface area contributed by atoms with Crippen molar-refractivity contribution in [3.05, 3.63) is 51.3 Å². The van der Waals surface area contributed by atoms with Gasteiger partial charge in [0.15, 0.2) is 0 Å². The topological polar surface area (TPSA) is 58.1 Å². The van der Waals surface area contributed by atoms with Gasteiger partial charge in [0.2, 0.25) is 5.95 Å². The van der Waals surface area contributed by atoms with Crippen LogP contribution >= 0.6 is 23.2 Å². The average molecular weight is 339 g/mol. The summed E-state index contributed by atoms with van der Waals surface area (Å²) in [5, 5.41) is 3.60. The third-order valence-corrected chi connectivity index (χ3v) is 3.45. The smallest absolute Gasteiger partial charge is 0.253 e. The monoisotopic (exact) mass is 338 g/mol. The highest BCUT2D eigenvalue weighted by Crippen LogP contribution is 2.20. The van der Waals surface area contributed by atoms with Gasteiger partial charge in [-0.2, -0.15) is 0 Å². The Morgan fingerprint density at radius 1 is 1.23 bits per heavy atom. The second-order valence-corrected chi connectivity index (χ2v) is 5.85. The molecule has 22 heavy (non-hydrogen) atoms. The minimum atomic E-state index is -0.274. The van der Waals surface area contributed by atoms with E-state index in [1.54, 1.807) is 12.1 Å². The molecular weight excluding hydrogens is 323 g/mol. The minimum absolute atomic E-state index is 0.274. The normalized spacial score (nSPS) is 10.4. The van der Waals surface area contributed by atoms with Crippen LogP contribution in [0.3, 0.4) is 0 Å².